The Balaban J connectivity index is 1.72. The second-order valence-electron chi connectivity index (χ2n) is 8.73. The number of aliphatic hydroxyl groups excluding tert-OH is 1. The van der Waals surface area contributed by atoms with Crippen molar-refractivity contribution in [2.75, 3.05) is 19.2 Å². The molecule has 1 saturated heterocycles. The minimum absolute atomic E-state index is 0.0764. The number of benzene rings is 2. The van der Waals surface area contributed by atoms with E-state index in [1.165, 1.54) is 11.0 Å². The summed E-state index contributed by atoms with van der Waals surface area (Å²) in [6.45, 7) is -1.22. The Hall–Kier alpha value is -2.43. The molecular weight excluding hydrogens is 457 g/mol. The summed E-state index contributed by atoms with van der Waals surface area (Å²) >= 11 is 0. The molecule has 1 spiro atoms. The molecule has 33 heavy (non-hydrogen) atoms. The van der Waals surface area contributed by atoms with Crippen molar-refractivity contribution in [1.29, 1.82) is 0 Å². The average Bonchev–Trinajstić information content (AvgIpc) is 3.55. The highest BCUT2D eigenvalue weighted by molar-refractivity contribution is 7.89. The first kappa shape index (κ1) is 23.7. The van der Waals surface area contributed by atoms with Crippen LogP contribution in [0.15, 0.2) is 48.5 Å². The van der Waals surface area contributed by atoms with Gasteiger partial charge in [-0.2, -0.15) is 0 Å². The Morgan fingerprint density at radius 1 is 1.15 bits per heavy atom. The van der Waals surface area contributed by atoms with Gasteiger partial charge in [0.05, 0.1) is 6.04 Å². The van der Waals surface area contributed by atoms with Crippen molar-refractivity contribution in [3.05, 3.63) is 59.9 Å². The van der Waals surface area contributed by atoms with Gasteiger partial charge in [-0.15, -0.1) is 0 Å². The van der Waals surface area contributed by atoms with Crippen LogP contribution < -0.4 is 4.72 Å². The number of nitrogens with zero attached hydrogens (tertiary/aromatic N) is 1. The van der Waals surface area contributed by atoms with Crippen LogP contribution in [0, 0.1) is 11.2 Å². The molecule has 2 fully saturated rings. The largest absolute Gasteiger partial charge is 0.381 e. The SMILES string of the molecule is O=C(C(O)CF)N1CC2(CC2)[C@H](NS(=O)(=O)CF)[C@@H]1Cc1cccc(-c2ccccc2)c1F. The number of sulfonamides is 1. The summed E-state index contributed by atoms with van der Waals surface area (Å²) < 4.78 is 68.1. The molecule has 1 saturated carbocycles. The fourth-order valence-corrected chi connectivity index (χ4v) is 5.59. The predicted molar refractivity (Wildman–Crippen MR) is 117 cm³/mol. The number of hydrogen-bond donors (Lipinski definition) is 2. The normalized spacial score (nSPS) is 22.5. The summed E-state index contributed by atoms with van der Waals surface area (Å²) in [5.74, 6) is -1.42. The van der Waals surface area contributed by atoms with Crippen LogP contribution in [0.25, 0.3) is 11.1 Å². The van der Waals surface area contributed by atoms with Crippen molar-refractivity contribution in [2.45, 2.75) is 37.5 Å². The van der Waals surface area contributed by atoms with Crippen LogP contribution in [-0.2, 0) is 21.2 Å². The highest BCUT2D eigenvalue weighted by atomic mass is 32.2. The van der Waals surface area contributed by atoms with Crippen molar-refractivity contribution in [1.82, 2.24) is 9.62 Å². The van der Waals surface area contributed by atoms with Crippen molar-refractivity contribution < 1.29 is 31.5 Å². The number of halogens is 3. The topological polar surface area (TPSA) is 86.7 Å². The van der Waals surface area contributed by atoms with Gasteiger partial charge in [-0.3, -0.25) is 4.79 Å². The molecule has 2 N–H and O–H groups in total. The lowest BCUT2D eigenvalue weighted by Gasteiger charge is -2.30. The van der Waals surface area contributed by atoms with Gasteiger partial charge >= 0.3 is 0 Å². The number of amides is 1. The molecule has 2 aromatic rings. The molecule has 0 bridgehead atoms. The van der Waals surface area contributed by atoms with E-state index in [1.54, 1.807) is 42.5 Å². The number of hydrogen-bond acceptors (Lipinski definition) is 4. The maximum atomic E-state index is 15.5. The van der Waals surface area contributed by atoms with E-state index < -0.39 is 58.0 Å². The van der Waals surface area contributed by atoms with Crippen molar-refractivity contribution in [3.8, 4) is 11.1 Å². The van der Waals surface area contributed by atoms with E-state index in [2.05, 4.69) is 4.72 Å². The monoisotopic (exact) mass is 482 g/mol. The average molecular weight is 483 g/mol. The molecule has 3 atom stereocenters. The fraction of sp³-hybridized carbons (Fsp3) is 0.435. The molecule has 1 aliphatic heterocycles. The molecule has 0 radical (unpaired) electrons. The lowest BCUT2D eigenvalue weighted by Crippen LogP contribution is -2.51. The Bertz CT molecular complexity index is 1130. The number of nitrogens with one attached hydrogen (secondary N) is 1. The molecule has 178 valence electrons. The molecule has 2 aliphatic rings. The zero-order valence-corrected chi connectivity index (χ0v) is 18.6. The van der Waals surface area contributed by atoms with Crippen LogP contribution in [0.5, 0.6) is 0 Å². The Kier molecular flexibility index (Phi) is 6.52. The molecule has 4 rings (SSSR count). The Morgan fingerprint density at radius 3 is 2.45 bits per heavy atom. The third-order valence-corrected chi connectivity index (χ3v) is 7.48. The molecule has 1 heterocycles. The fourth-order valence-electron chi connectivity index (χ4n) is 4.73. The zero-order chi connectivity index (χ0) is 23.8. The summed E-state index contributed by atoms with van der Waals surface area (Å²) in [7, 11) is -4.28. The van der Waals surface area contributed by atoms with E-state index >= 15 is 4.39 Å². The van der Waals surface area contributed by atoms with Crippen LogP contribution >= 0.6 is 0 Å². The van der Waals surface area contributed by atoms with Crippen molar-refractivity contribution in [2.24, 2.45) is 5.41 Å². The third-order valence-electron chi connectivity index (χ3n) is 6.58. The lowest BCUT2D eigenvalue weighted by atomic mass is 9.91. The van der Waals surface area contributed by atoms with Crippen LogP contribution in [0.4, 0.5) is 13.2 Å². The van der Waals surface area contributed by atoms with Gasteiger partial charge in [0, 0.05) is 23.6 Å². The highest BCUT2D eigenvalue weighted by Crippen LogP contribution is 2.55. The number of carbonyl (C=O) groups is 1. The first-order valence-electron chi connectivity index (χ1n) is 10.6. The molecule has 2 aromatic carbocycles. The molecule has 1 amide bonds. The highest BCUT2D eigenvalue weighted by Gasteiger charge is 2.61. The molecule has 1 aliphatic carbocycles. The van der Waals surface area contributed by atoms with Crippen LogP contribution in [0.2, 0.25) is 0 Å². The summed E-state index contributed by atoms with van der Waals surface area (Å²) in [5, 5.41) is 9.83. The maximum absolute atomic E-state index is 15.5. The standard InChI is InChI=1S/C23H25F3N2O4S/c24-12-19(29)22(30)28-13-23(9-10-23)21(27-33(31,32)14-25)18(28)11-16-7-4-8-17(20(16)26)15-5-2-1-3-6-15/h1-8,18-19,21,27,29H,9-14H2/t18-,19?,21+/m0/s1. The molecule has 10 heteroatoms. The lowest BCUT2D eigenvalue weighted by molar-refractivity contribution is -0.142. The second-order valence-corrected chi connectivity index (χ2v) is 10.4. The van der Waals surface area contributed by atoms with Gasteiger partial charge in [0.25, 0.3) is 5.91 Å². The minimum atomic E-state index is -4.28. The summed E-state index contributed by atoms with van der Waals surface area (Å²) in [5.41, 5.74) is 0.579. The number of alkyl halides is 2. The van der Waals surface area contributed by atoms with Crippen LogP contribution in [-0.4, -0.2) is 61.7 Å². The number of aliphatic hydroxyl groups is 1. The van der Waals surface area contributed by atoms with E-state index in [-0.39, 0.29) is 18.5 Å². The van der Waals surface area contributed by atoms with E-state index in [0.29, 0.717) is 24.0 Å². The van der Waals surface area contributed by atoms with Crippen molar-refractivity contribution in [3.63, 3.8) is 0 Å². The van der Waals surface area contributed by atoms with Gasteiger partial charge in [0.1, 0.15) is 12.5 Å². The number of carbonyl (C=O) groups excluding carboxylic acids is 1. The van der Waals surface area contributed by atoms with E-state index in [9.17, 15) is 27.1 Å². The number of likely N-dealkylation sites (tertiary alicyclic amines) is 1. The van der Waals surface area contributed by atoms with Gasteiger partial charge < -0.3 is 10.0 Å². The van der Waals surface area contributed by atoms with Gasteiger partial charge in [0.15, 0.2) is 6.10 Å². The summed E-state index contributed by atoms with van der Waals surface area (Å²) in [6.07, 6.45) is -0.838. The zero-order valence-electron chi connectivity index (χ0n) is 17.8. The van der Waals surface area contributed by atoms with Gasteiger partial charge in [-0.25, -0.2) is 26.3 Å². The molecule has 6 nitrogen and oxygen atoms in total. The summed E-state index contributed by atoms with van der Waals surface area (Å²) in [4.78, 5) is 14.0. The Labute approximate surface area is 190 Å². The minimum Gasteiger partial charge on any atom is -0.381 e. The molecule has 0 aromatic heterocycles. The quantitative estimate of drug-likeness (QED) is 0.606. The third kappa shape index (κ3) is 4.64. The summed E-state index contributed by atoms with van der Waals surface area (Å²) in [6, 6.07) is 10.2. The smallest absolute Gasteiger partial charge is 0.254 e. The van der Waals surface area contributed by atoms with Crippen molar-refractivity contribution >= 4 is 15.9 Å². The second kappa shape index (κ2) is 9.08. The van der Waals surface area contributed by atoms with E-state index in [0.717, 1.165) is 0 Å². The number of rotatable bonds is 8. The Morgan fingerprint density at radius 2 is 1.85 bits per heavy atom. The molecule has 1 unspecified atom stereocenters. The molecular formula is C23H25F3N2O4S. The van der Waals surface area contributed by atoms with Gasteiger partial charge in [-0.1, -0.05) is 48.5 Å². The van der Waals surface area contributed by atoms with Gasteiger partial charge in [0.2, 0.25) is 16.0 Å². The van der Waals surface area contributed by atoms with Crippen LogP contribution in [0.1, 0.15) is 18.4 Å². The predicted octanol–water partition coefficient (Wildman–Crippen LogP) is 2.57. The first-order chi connectivity index (χ1) is 15.7. The maximum Gasteiger partial charge on any atom is 0.254 e. The van der Waals surface area contributed by atoms with Gasteiger partial charge in [-0.05, 0) is 30.4 Å². The first-order valence-corrected chi connectivity index (χ1v) is 12.3. The van der Waals surface area contributed by atoms with E-state index in [4.69, 9.17) is 0 Å². The van der Waals surface area contributed by atoms with E-state index in [1.807, 2.05) is 0 Å². The van der Waals surface area contributed by atoms with Crippen LogP contribution in [0.3, 0.4) is 0 Å².